The van der Waals surface area contributed by atoms with Crippen LogP contribution in [0, 0.1) is 0 Å². The molecule has 112 valence electrons. The largest absolute Gasteiger partial charge is 0.507 e. The Bertz CT molecular complexity index is 531. The highest BCUT2D eigenvalue weighted by Crippen LogP contribution is 2.30. The smallest absolute Gasteiger partial charge is 0.123 e. The van der Waals surface area contributed by atoms with Crippen LogP contribution in [-0.4, -0.2) is 5.11 Å². The Morgan fingerprint density at radius 2 is 1.52 bits per heavy atom. The Labute approximate surface area is 128 Å². The molecule has 2 rings (SSSR count). The van der Waals surface area contributed by atoms with Crippen LogP contribution in [0.1, 0.15) is 51.0 Å². The molecule has 21 heavy (non-hydrogen) atoms. The minimum atomic E-state index is 0.368. The minimum Gasteiger partial charge on any atom is -0.507 e. The summed E-state index contributed by atoms with van der Waals surface area (Å²) in [6, 6.07) is 16.1. The molecular formula is C20H26O. The Morgan fingerprint density at radius 3 is 2.29 bits per heavy atom. The highest BCUT2D eigenvalue weighted by Gasteiger charge is 2.05. The van der Waals surface area contributed by atoms with Gasteiger partial charge in [-0.05, 0) is 36.1 Å². The van der Waals surface area contributed by atoms with Gasteiger partial charge in [-0.25, -0.2) is 0 Å². The average molecular weight is 282 g/mol. The van der Waals surface area contributed by atoms with Gasteiger partial charge in [-0.2, -0.15) is 0 Å². The standard InChI is InChI=1S/C20H26O/c1-2-3-4-5-6-8-11-17-14-15-20(21)19(16-17)18-12-9-7-10-13-18/h7,9-10,12-16,21H,2-6,8,11H2,1H3. The number of phenolic OH excluding ortho intramolecular Hbond substituents is 1. The second kappa shape index (κ2) is 8.51. The maximum atomic E-state index is 10.1. The Kier molecular flexibility index (Phi) is 6.33. The Hall–Kier alpha value is -1.76. The summed E-state index contributed by atoms with van der Waals surface area (Å²) in [5.41, 5.74) is 3.35. The van der Waals surface area contributed by atoms with Crippen molar-refractivity contribution in [1.82, 2.24) is 0 Å². The minimum absolute atomic E-state index is 0.368. The van der Waals surface area contributed by atoms with Crippen LogP contribution < -0.4 is 0 Å². The van der Waals surface area contributed by atoms with Crippen molar-refractivity contribution in [3.8, 4) is 16.9 Å². The molecule has 0 atom stereocenters. The van der Waals surface area contributed by atoms with E-state index in [4.69, 9.17) is 0 Å². The normalized spacial score (nSPS) is 10.7. The number of aryl methyl sites for hydroxylation is 1. The molecule has 0 amide bonds. The molecule has 0 saturated heterocycles. The second-order valence-electron chi connectivity index (χ2n) is 5.74. The molecule has 0 fully saturated rings. The Balaban J connectivity index is 1.93. The van der Waals surface area contributed by atoms with Gasteiger partial charge in [-0.1, -0.05) is 75.4 Å². The molecule has 0 unspecified atom stereocenters. The van der Waals surface area contributed by atoms with E-state index in [9.17, 15) is 5.11 Å². The lowest BCUT2D eigenvalue weighted by molar-refractivity contribution is 0.477. The topological polar surface area (TPSA) is 20.2 Å². The van der Waals surface area contributed by atoms with Crippen molar-refractivity contribution in [1.29, 1.82) is 0 Å². The Morgan fingerprint density at radius 1 is 0.810 bits per heavy atom. The lowest BCUT2D eigenvalue weighted by Crippen LogP contribution is -1.88. The van der Waals surface area contributed by atoms with Gasteiger partial charge in [0, 0.05) is 5.56 Å². The zero-order chi connectivity index (χ0) is 14.9. The number of hydrogen-bond acceptors (Lipinski definition) is 1. The quantitative estimate of drug-likeness (QED) is 0.592. The zero-order valence-electron chi connectivity index (χ0n) is 13.0. The van der Waals surface area contributed by atoms with Gasteiger partial charge in [0.05, 0.1) is 0 Å². The summed E-state index contributed by atoms with van der Waals surface area (Å²) in [7, 11) is 0. The summed E-state index contributed by atoms with van der Waals surface area (Å²) in [6.07, 6.45) is 9.02. The summed E-state index contributed by atoms with van der Waals surface area (Å²) in [5.74, 6) is 0.368. The predicted molar refractivity (Wildman–Crippen MR) is 90.6 cm³/mol. The molecule has 0 radical (unpaired) electrons. The fourth-order valence-corrected chi connectivity index (χ4v) is 2.70. The average Bonchev–Trinajstić information content (AvgIpc) is 2.53. The van der Waals surface area contributed by atoms with E-state index in [1.54, 1.807) is 0 Å². The van der Waals surface area contributed by atoms with Crippen molar-refractivity contribution in [3.63, 3.8) is 0 Å². The first kappa shape index (κ1) is 15.6. The number of unbranched alkanes of at least 4 members (excludes halogenated alkanes) is 5. The lowest BCUT2D eigenvalue weighted by atomic mass is 9.99. The van der Waals surface area contributed by atoms with Crippen LogP contribution in [0.3, 0.4) is 0 Å². The number of aromatic hydroxyl groups is 1. The van der Waals surface area contributed by atoms with Gasteiger partial charge in [0.2, 0.25) is 0 Å². The highest BCUT2D eigenvalue weighted by atomic mass is 16.3. The SMILES string of the molecule is CCCCCCCCc1ccc(O)c(-c2ccccc2)c1. The van der Waals surface area contributed by atoms with Crippen molar-refractivity contribution < 1.29 is 5.11 Å². The number of benzene rings is 2. The first-order valence-corrected chi connectivity index (χ1v) is 8.18. The van der Waals surface area contributed by atoms with Crippen LogP contribution in [0.15, 0.2) is 48.5 Å². The summed E-state index contributed by atoms with van der Waals surface area (Å²) < 4.78 is 0. The molecule has 1 nitrogen and oxygen atoms in total. The molecule has 0 bridgehead atoms. The van der Waals surface area contributed by atoms with E-state index in [2.05, 4.69) is 13.0 Å². The third-order valence-electron chi connectivity index (χ3n) is 3.96. The molecule has 0 aliphatic rings. The third-order valence-corrected chi connectivity index (χ3v) is 3.96. The summed E-state index contributed by atoms with van der Waals surface area (Å²) >= 11 is 0. The van der Waals surface area contributed by atoms with Crippen molar-refractivity contribution in [2.24, 2.45) is 0 Å². The van der Waals surface area contributed by atoms with Gasteiger partial charge in [-0.3, -0.25) is 0 Å². The van der Waals surface area contributed by atoms with Crippen molar-refractivity contribution in [3.05, 3.63) is 54.1 Å². The van der Waals surface area contributed by atoms with Crippen LogP contribution in [-0.2, 0) is 6.42 Å². The van der Waals surface area contributed by atoms with Crippen LogP contribution in [0.5, 0.6) is 5.75 Å². The van der Waals surface area contributed by atoms with Crippen LogP contribution in [0.4, 0.5) is 0 Å². The monoisotopic (exact) mass is 282 g/mol. The van der Waals surface area contributed by atoms with Crippen LogP contribution >= 0.6 is 0 Å². The first-order valence-electron chi connectivity index (χ1n) is 8.18. The molecule has 0 aliphatic carbocycles. The molecular weight excluding hydrogens is 256 g/mol. The molecule has 2 aromatic rings. The van der Waals surface area contributed by atoms with Crippen molar-refractivity contribution in [2.75, 3.05) is 0 Å². The predicted octanol–water partition coefficient (Wildman–Crippen LogP) is 5.96. The molecule has 1 heteroatoms. The number of phenols is 1. The van der Waals surface area contributed by atoms with E-state index < -0.39 is 0 Å². The van der Waals surface area contributed by atoms with Gasteiger partial charge in [-0.15, -0.1) is 0 Å². The fraction of sp³-hybridized carbons (Fsp3) is 0.400. The molecule has 1 N–H and O–H groups in total. The third kappa shape index (κ3) is 4.93. The molecule has 2 aromatic carbocycles. The molecule has 0 spiro atoms. The molecule has 0 aromatic heterocycles. The lowest BCUT2D eigenvalue weighted by Gasteiger charge is -2.08. The highest BCUT2D eigenvalue weighted by molar-refractivity contribution is 5.70. The van der Waals surface area contributed by atoms with Crippen molar-refractivity contribution in [2.45, 2.75) is 51.9 Å². The van der Waals surface area contributed by atoms with Gasteiger partial charge in [0.25, 0.3) is 0 Å². The van der Waals surface area contributed by atoms with Gasteiger partial charge in [0.15, 0.2) is 0 Å². The number of hydrogen-bond donors (Lipinski definition) is 1. The van der Waals surface area contributed by atoms with Gasteiger partial charge >= 0.3 is 0 Å². The maximum Gasteiger partial charge on any atom is 0.123 e. The first-order chi connectivity index (χ1) is 10.3. The second-order valence-corrected chi connectivity index (χ2v) is 5.74. The summed E-state index contributed by atoms with van der Waals surface area (Å²) in [5, 5.41) is 10.1. The van der Waals surface area contributed by atoms with Crippen LogP contribution in [0.2, 0.25) is 0 Å². The van der Waals surface area contributed by atoms with E-state index in [-0.39, 0.29) is 0 Å². The molecule has 0 saturated carbocycles. The van der Waals surface area contributed by atoms with Crippen LogP contribution in [0.25, 0.3) is 11.1 Å². The number of rotatable bonds is 8. The van der Waals surface area contributed by atoms with E-state index in [1.807, 2.05) is 42.5 Å². The van der Waals surface area contributed by atoms with E-state index >= 15 is 0 Å². The van der Waals surface area contributed by atoms with E-state index in [1.165, 1.54) is 44.1 Å². The van der Waals surface area contributed by atoms with E-state index in [0.29, 0.717) is 5.75 Å². The summed E-state index contributed by atoms with van der Waals surface area (Å²) in [4.78, 5) is 0. The summed E-state index contributed by atoms with van der Waals surface area (Å²) in [6.45, 7) is 2.25. The maximum absolute atomic E-state index is 10.1. The molecule has 0 heterocycles. The van der Waals surface area contributed by atoms with E-state index in [0.717, 1.165) is 17.5 Å². The van der Waals surface area contributed by atoms with Gasteiger partial charge in [0.1, 0.15) is 5.75 Å². The van der Waals surface area contributed by atoms with Gasteiger partial charge < -0.3 is 5.11 Å². The zero-order valence-corrected chi connectivity index (χ0v) is 13.0. The van der Waals surface area contributed by atoms with Crippen molar-refractivity contribution >= 4 is 0 Å². The fourth-order valence-electron chi connectivity index (χ4n) is 2.70. The molecule has 0 aliphatic heterocycles.